The number of ether oxygens (including phenoxy) is 1. The predicted octanol–water partition coefficient (Wildman–Crippen LogP) is 2.09. The topological polar surface area (TPSA) is 41.6 Å². The fourth-order valence-corrected chi connectivity index (χ4v) is 2.88. The van der Waals surface area contributed by atoms with Gasteiger partial charge in [0.2, 0.25) is 0 Å². The van der Waals surface area contributed by atoms with E-state index in [1.54, 1.807) is 0 Å². The summed E-state index contributed by atoms with van der Waals surface area (Å²) < 4.78 is 5.39. The first-order chi connectivity index (χ1) is 8.44. The number of thioether (sulfide) groups is 1. The van der Waals surface area contributed by atoms with Gasteiger partial charge in [0.25, 0.3) is 0 Å². The predicted molar refractivity (Wildman–Crippen MR) is 75.1 cm³/mol. The first-order valence-corrected chi connectivity index (χ1v) is 7.91. The average Bonchev–Trinajstić information content (AvgIpc) is 2.22. The van der Waals surface area contributed by atoms with Gasteiger partial charge in [0, 0.05) is 36.7 Å². The van der Waals surface area contributed by atoms with Crippen molar-refractivity contribution >= 4 is 17.9 Å². The lowest BCUT2D eigenvalue weighted by Gasteiger charge is -2.37. The minimum absolute atomic E-state index is 0.167. The van der Waals surface area contributed by atoms with E-state index in [1.165, 1.54) is 11.5 Å². The maximum absolute atomic E-state index is 11.9. The van der Waals surface area contributed by atoms with Crippen LogP contribution < -0.4 is 5.32 Å². The Hall–Kier alpha value is -0.420. The molecule has 2 aliphatic rings. The third kappa shape index (κ3) is 4.05. The third-order valence-corrected chi connectivity index (χ3v) is 4.53. The molecule has 104 valence electrons. The normalized spacial score (nSPS) is 22.7. The van der Waals surface area contributed by atoms with Crippen LogP contribution in [0.5, 0.6) is 0 Å². The summed E-state index contributed by atoms with van der Waals surface area (Å²) in [6.45, 7) is 7.35. The van der Waals surface area contributed by atoms with Crippen LogP contribution in [0.1, 0.15) is 33.6 Å². The second-order valence-corrected chi connectivity index (χ2v) is 7.22. The fourth-order valence-electron chi connectivity index (χ4n) is 2.22. The van der Waals surface area contributed by atoms with Gasteiger partial charge >= 0.3 is 6.09 Å². The highest BCUT2D eigenvalue weighted by Crippen LogP contribution is 2.21. The molecule has 4 nitrogen and oxygen atoms in total. The van der Waals surface area contributed by atoms with Crippen molar-refractivity contribution in [1.82, 2.24) is 10.2 Å². The lowest BCUT2D eigenvalue weighted by Crippen LogP contribution is -2.51. The molecule has 2 aliphatic heterocycles. The van der Waals surface area contributed by atoms with Gasteiger partial charge in [0.1, 0.15) is 5.60 Å². The molecule has 2 heterocycles. The van der Waals surface area contributed by atoms with E-state index in [9.17, 15) is 4.79 Å². The first kappa shape index (κ1) is 14.0. The van der Waals surface area contributed by atoms with E-state index in [-0.39, 0.29) is 6.09 Å². The molecule has 1 N–H and O–H groups in total. The second-order valence-electron chi connectivity index (χ2n) is 6.14. The molecular weight excluding hydrogens is 248 g/mol. The largest absolute Gasteiger partial charge is 0.444 e. The van der Waals surface area contributed by atoms with E-state index < -0.39 is 5.60 Å². The van der Waals surface area contributed by atoms with E-state index in [2.05, 4.69) is 5.32 Å². The molecule has 2 fully saturated rings. The molecule has 2 saturated heterocycles. The van der Waals surface area contributed by atoms with Crippen LogP contribution in [0, 0.1) is 0 Å². The summed E-state index contributed by atoms with van der Waals surface area (Å²) in [5, 5.41) is 3.66. The Balaban J connectivity index is 1.70. The number of piperidine rings is 1. The molecule has 2 rings (SSSR count). The van der Waals surface area contributed by atoms with Crippen molar-refractivity contribution in [3.8, 4) is 0 Å². The number of nitrogens with zero attached hydrogens (tertiary/aromatic N) is 1. The van der Waals surface area contributed by atoms with Gasteiger partial charge in [-0.15, -0.1) is 0 Å². The monoisotopic (exact) mass is 272 g/mol. The van der Waals surface area contributed by atoms with Crippen molar-refractivity contribution in [2.45, 2.75) is 51.3 Å². The number of hydrogen-bond acceptors (Lipinski definition) is 4. The fraction of sp³-hybridized carbons (Fsp3) is 0.923. The average molecular weight is 272 g/mol. The first-order valence-electron chi connectivity index (χ1n) is 6.76. The number of amides is 1. The Labute approximate surface area is 114 Å². The van der Waals surface area contributed by atoms with Crippen LogP contribution in [0.4, 0.5) is 4.79 Å². The molecule has 0 radical (unpaired) electrons. The lowest BCUT2D eigenvalue weighted by atomic mass is 10.0. The quantitative estimate of drug-likeness (QED) is 0.836. The molecule has 18 heavy (non-hydrogen) atoms. The molecule has 0 aromatic heterocycles. The summed E-state index contributed by atoms with van der Waals surface area (Å²) in [7, 11) is 0. The van der Waals surface area contributed by atoms with Gasteiger partial charge < -0.3 is 15.0 Å². The van der Waals surface area contributed by atoms with Crippen LogP contribution in [-0.2, 0) is 4.74 Å². The zero-order valence-electron chi connectivity index (χ0n) is 11.6. The van der Waals surface area contributed by atoms with Crippen molar-refractivity contribution < 1.29 is 9.53 Å². The molecule has 0 spiro atoms. The van der Waals surface area contributed by atoms with Gasteiger partial charge in [0.05, 0.1) is 0 Å². The Kier molecular flexibility index (Phi) is 4.43. The van der Waals surface area contributed by atoms with E-state index in [0.717, 1.165) is 25.9 Å². The van der Waals surface area contributed by atoms with Crippen LogP contribution in [-0.4, -0.2) is 53.3 Å². The SMILES string of the molecule is CC(C)(C)OC(=O)N1CCC(NC2CSC2)CC1. The van der Waals surface area contributed by atoms with Crippen molar-refractivity contribution in [2.75, 3.05) is 24.6 Å². The minimum Gasteiger partial charge on any atom is -0.444 e. The molecule has 0 atom stereocenters. The number of nitrogens with one attached hydrogen (secondary N) is 1. The summed E-state index contributed by atoms with van der Waals surface area (Å²) >= 11 is 2.00. The number of likely N-dealkylation sites (tertiary alicyclic amines) is 1. The summed E-state index contributed by atoms with van der Waals surface area (Å²) in [4.78, 5) is 13.7. The van der Waals surface area contributed by atoms with Gasteiger partial charge in [-0.05, 0) is 33.6 Å². The van der Waals surface area contributed by atoms with Crippen LogP contribution >= 0.6 is 11.8 Å². The van der Waals surface area contributed by atoms with Crippen LogP contribution in [0.15, 0.2) is 0 Å². The molecular formula is C13H24N2O2S. The number of hydrogen-bond donors (Lipinski definition) is 1. The van der Waals surface area contributed by atoms with Crippen LogP contribution in [0.2, 0.25) is 0 Å². The van der Waals surface area contributed by atoms with Crippen molar-refractivity contribution in [2.24, 2.45) is 0 Å². The van der Waals surface area contributed by atoms with E-state index in [1.807, 2.05) is 37.4 Å². The van der Waals surface area contributed by atoms with Gasteiger partial charge in [-0.25, -0.2) is 4.79 Å². The van der Waals surface area contributed by atoms with Crippen LogP contribution in [0.3, 0.4) is 0 Å². The van der Waals surface area contributed by atoms with Crippen LogP contribution in [0.25, 0.3) is 0 Å². The molecule has 0 unspecified atom stereocenters. The van der Waals surface area contributed by atoms with E-state index in [0.29, 0.717) is 12.1 Å². The Morgan fingerprint density at radius 2 is 1.83 bits per heavy atom. The van der Waals surface area contributed by atoms with Crippen molar-refractivity contribution in [3.05, 3.63) is 0 Å². The summed E-state index contributed by atoms with van der Waals surface area (Å²) in [6.07, 6.45) is 1.92. The van der Waals surface area contributed by atoms with E-state index in [4.69, 9.17) is 4.74 Å². The lowest BCUT2D eigenvalue weighted by molar-refractivity contribution is 0.0197. The van der Waals surface area contributed by atoms with E-state index >= 15 is 0 Å². The standard InChI is InChI=1S/C13H24N2O2S/c1-13(2,3)17-12(16)15-6-4-10(5-7-15)14-11-8-18-9-11/h10-11,14H,4-9H2,1-3H3. The third-order valence-electron chi connectivity index (χ3n) is 3.26. The zero-order valence-corrected chi connectivity index (χ0v) is 12.4. The number of rotatable bonds is 2. The second kappa shape index (κ2) is 5.70. The highest BCUT2D eigenvalue weighted by molar-refractivity contribution is 8.00. The van der Waals surface area contributed by atoms with Crippen molar-refractivity contribution in [3.63, 3.8) is 0 Å². The minimum atomic E-state index is -0.394. The maximum Gasteiger partial charge on any atom is 0.410 e. The molecule has 1 amide bonds. The number of carbonyl (C=O) groups is 1. The Morgan fingerprint density at radius 3 is 2.28 bits per heavy atom. The Morgan fingerprint density at radius 1 is 1.22 bits per heavy atom. The molecule has 5 heteroatoms. The maximum atomic E-state index is 11.9. The van der Waals surface area contributed by atoms with Gasteiger partial charge in [0.15, 0.2) is 0 Å². The van der Waals surface area contributed by atoms with Gasteiger partial charge in [-0.3, -0.25) is 0 Å². The highest BCUT2D eigenvalue weighted by Gasteiger charge is 2.28. The summed E-state index contributed by atoms with van der Waals surface area (Å²) in [5.41, 5.74) is -0.394. The van der Waals surface area contributed by atoms with Gasteiger partial charge in [-0.2, -0.15) is 11.8 Å². The highest BCUT2D eigenvalue weighted by atomic mass is 32.2. The molecule has 0 bridgehead atoms. The molecule has 0 saturated carbocycles. The summed E-state index contributed by atoms with van der Waals surface area (Å²) in [6, 6.07) is 1.28. The number of carbonyl (C=O) groups excluding carboxylic acids is 1. The Bertz CT molecular complexity index is 292. The molecule has 0 aromatic rings. The molecule has 0 aromatic carbocycles. The zero-order chi connectivity index (χ0) is 13.2. The molecule has 0 aliphatic carbocycles. The summed E-state index contributed by atoms with van der Waals surface area (Å²) in [5.74, 6) is 2.48. The smallest absolute Gasteiger partial charge is 0.410 e. The van der Waals surface area contributed by atoms with Crippen molar-refractivity contribution in [1.29, 1.82) is 0 Å². The van der Waals surface area contributed by atoms with Gasteiger partial charge in [-0.1, -0.05) is 0 Å².